The molecule has 0 spiro atoms. The van der Waals surface area contributed by atoms with Gasteiger partial charge < -0.3 is 5.11 Å². The largest absolute Gasteiger partial charge is 0.481 e. The van der Waals surface area contributed by atoms with E-state index in [1.165, 1.54) is 32.1 Å². The average molecular weight is 253 g/mol. The first-order valence-corrected chi connectivity index (χ1v) is 7.56. The molecule has 0 aromatic carbocycles. The van der Waals surface area contributed by atoms with Gasteiger partial charge in [0.2, 0.25) is 0 Å². The topological polar surface area (TPSA) is 40.5 Å². The molecule has 0 radical (unpaired) electrons. The summed E-state index contributed by atoms with van der Waals surface area (Å²) in [6, 6.07) is 1.15. The van der Waals surface area contributed by atoms with Gasteiger partial charge in [-0.1, -0.05) is 19.8 Å². The monoisotopic (exact) mass is 253 g/mol. The zero-order valence-corrected chi connectivity index (χ0v) is 11.8. The number of hydrogen-bond donors (Lipinski definition) is 1. The van der Waals surface area contributed by atoms with Gasteiger partial charge in [0.1, 0.15) is 0 Å². The number of piperidine rings is 1. The summed E-state index contributed by atoms with van der Waals surface area (Å²) in [5.74, 6) is 0.166. The zero-order chi connectivity index (χ0) is 13.1. The van der Waals surface area contributed by atoms with E-state index in [-0.39, 0.29) is 5.92 Å². The Labute approximate surface area is 111 Å². The van der Waals surface area contributed by atoms with Crippen molar-refractivity contribution in [3.05, 3.63) is 0 Å². The molecule has 3 nitrogen and oxygen atoms in total. The Hall–Kier alpha value is -0.570. The van der Waals surface area contributed by atoms with Crippen molar-refractivity contribution in [1.29, 1.82) is 0 Å². The van der Waals surface area contributed by atoms with Crippen molar-refractivity contribution >= 4 is 5.97 Å². The van der Waals surface area contributed by atoms with Gasteiger partial charge in [-0.25, -0.2) is 0 Å². The third kappa shape index (κ3) is 3.25. The molecule has 18 heavy (non-hydrogen) atoms. The molecular weight excluding hydrogens is 226 g/mol. The molecule has 3 heteroatoms. The van der Waals surface area contributed by atoms with E-state index in [0.717, 1.165) is 25.3 Å². The molecular formula is C15H27NO2. The summed E-state index contributed by atoms with van der Waals surface area (Å²) in [7, 11) is 0. The lowest BCUT2D eigenvalue weighted by Gasteiger charge is -2.41. The Bertz CT molecular complexity index is 292. The Kier molecular flexibility index (Phi) is 4.66. The highest BCUT2D eigenvalue weighted by atomic mass is 16.4. The lowest BCUT2D eigenvalue weighted by molar-refractivity contribution is -0.144. The van der Waals surface area contributed by atoms with Crippen LogP contribution in [-0.2, 0) is 4.79 Å². The predicted molar refractivity (Wildman–Crippen MR) is 72.6 cm³/mol. The molecule has 4 unspecified atom stereocenters. The molecule has 4 atom stereocenters. The quantitative estimate of drug-likeness (QED) is 0.769. The number of carboxylic acids is 1. The second-order valence-corrected chi connectivity index (χ2v) is 6.41. The number of carboxylic acid groups (broad SMARTS) is 1. The van der Waals surface area contributed by atoms with Crippen molar-refractivity contribution < 1.29 is 9.90 Å². The molecule has 0 bridgehead atoms. The van der Waals surface area contributed by atoms with Crippen LogP contribution in [0, 0.1) is 11.8 Å². The van der Waals surface area contributed by atoms with Crippen LogP contribution in [0.2, 0.25) is 0 Å². The predicted octanol–water partition coefficient (Wildman–Crippen LogP) is 3.14. The normalized spacial score (nSPS) is 39.2. The molecule has 1 saturated carbocycles. The first-order valence-electron chi connectivity index (χ1n) is 7.56. The maximum Gasteiger partial charge on any atom is 0.306 e. The van der Waals surface area contributed by atoms with Gasteiger partial charge in [0.05, 0.1) is 5.92 Å². The highest BCUT2D eigenvalue weighted by Crippen LogP contribution is 2.31. The molecule has 2 fully saturated rings. The number of nitrogens with zero attached hydrogens (tertiary/aromatic N) is 1. The van der Waals surface area contributed by atoms with Gasteiger partial charge in [0.15, 0.2) is 0 Å². The van der Waals surface area contributed by atoms with Crippen LogP contribution in [0.25, 0.3) is 0 Å². The zero-order valence-electron chi connectivity index (χ0n) is 11.8. The highest BCUT2D eigenvalue weighted by molar-refractivity contribution is 5.70. The summed E-state index contributed by atoms with van der Waals surface area (Å²) in [6.07, 6.45) is 8.35. The number of aliphatic carboxylic acids is 1. The van der Waals surface area contributed by atoms with E-state index in [4.69, 9.17) is 5.11 Å². The number of rotatable bonds is 2. The molecule has 1 saturated heterocycles. The fourth-order valence-corrected chi connectivity index (χ4v) is 3.76. The number of carbonyl (C=O) groups is 1. The molecule has 1 aliphatic heterocycles. The third-order valence-electron chi connectivity index (χ3n) is 4.97. The molecule has 2 aliphatic rings. The number of hydrogen-bond acceptors (Lipinski definition) is 2. The Morgan fingerprint density at radius 1 is 1.11 bits per heavy atom. The van der Waals surface area contributed by atoms with Crippen molar-refractivity contribution in [2.75, 3.05) is 6.54 Å². The summed E-state index contributed by atoms with van der Waals surface area (Å²) < 4.78 is 0. The second-order valence-electron chi connectivity index (χ2n) is 6.41. The van der Waals surface area contributed by atoms with Gasteiger partial charge in [-0.2, -0.15) is 0 Å². The fraction of sp³-hybridized carbons (Fsp3) is 0.933. The van der Waals surface area contributed by atoms with E-state index >= 15 is 0 Å². The van der Waals surface area contributed by atoms with Crippen LogP contribution >= 0.6 is 0 Å². The van der Waals surface area contributed by atoms with Crippen LogP contribution in [0.5, 0.6) is 0 Å². The lowest BCUT2D eigenvalue weighted by atomic mass is 9.89. The molecule has 1 N–H and O–H groups in total. The summed E-state index contributed by atoms with van der Waals surface area (Å²) in [6.45, 7) is 5.56. The van der Waals surface area contributed by atoms with Crippen molar-refractivity contribution in [2.24, 2.45) is 11.8 Å². The van der Waals surface area contributed by atoms with Crippen LogP contribution < -0.4 is 0 Å². The van der Waals surface area contributed by atoms with E-state index < -0.39 is 5.97 Å². The standard InChI is InChI=1S/C15H27NO2/c1-11-4-3-5-14(7-6-11)16-9-8-13(15(17)18)10-12(16)2/h11-14H,3-10H2,1-2H3,(H,17,18). The summed E-state index contributed by atoms with van der Waals surface area (Å²) >= 11 is 0. The van der Waals surface area contributed by atoms with Crippen LogP contribution in [0.15, 0.2) is 0 Å². The van der Waals surface area contributed by atoms with Gasteiger partial charge in [0, 0.05) is 12.1 Å². The molecule has 0 aromatic heterocycles. The summed E-state index contributed by atoms with van der Waals surface area (Å²) in [5.41, 5.74) is 0. The number of likely N-dealkylation sites (tertiary alicyclic amines) is 1. The lowest BCUT2D eigenvalue weighted by Crippen LogP contribution is -2.48. The van der Waals surface area contributed by atoms with Crippen LogP contribution in [-0.4, -0.2) is 34.6 Å². The Morgan fingerprint density at radius 2 is 1.89 bits per heavy atom. The van der Waals surface area contributed by atoms with Gasteiger partial charge in [-0.15, -0.1) is 0 Å². The van der Waals surface area contributed by atoms with Crippen LogP contribution in [0.1, 0.15) is 58.8 Å². The van der Waals surface area contributed by atoms with Crippen LogP contribution in [0.4, 0.5) is 0 Å². The molecule has 2 rings (SSSR count). The average Bonchev–Trinajstić information content (AvgIpc) is 2.54. The summed E-state index contributed by atoms with van der Waals surface area (Å²) in [5, 5.41) is 9.11. The minimum atomic E-state index is -0.601. The van der Waals surface area contributed by atoms with E-state index in [1.807, 2.05) is 0 Å². The Balaban J connectivity index is 1.91. The SMILES string of the molecule is CC1CCCC(N2CCC(C(=O)O)CC2C)CC1. The summed E-state index contributed by atoms with van der Waals surface area (Å²) in [4.78, 5) is 13.7. The maximum atomic E-state index is 11.1. The van der Waals surface area contributed by atoms with Gasteiger partial charge in [-0.3, -0.25) is 9.69 Å². The van der Waals surface area contributed by atoms with Crippen LogP contribution in [0.3, 0.4) is 0 Å². The van der Waals surface area contributed by atoms with E-state index in [9.17, 15) is 4.79 Å². The van der Waals surface area contributed by atoms with Gasteiger partial charge >= 0.3 is 5.97 Å². The first kappa shape index (κ1) is 13.9. The van der Waals surface area contributed by atoms with Crippen molar-refractivity contribution in [1.82, 2.24) is 4.90 Å². The van der Waals surface area contributed by atoms with E-state index in [1.54, 1.807) is 0 Å². The second kappa shape index (κ2) is 6.05. The fourth-order valence-electron chi connectivity index (χ4n) is 3.76. The first-order chi connectivity index (χ1) is 8.58. The molecule has 1 heterocycles. The molecule has 0 amide bonds. The van der Waals surface area contributed by atoms with E-state index in [2.05, 4.69) is 18.7 Å². The van der Waals surface area contributed by atoms with Gasteiger partial charge in [0.25, 0.3) is 0 Å². The van der Waals surface area contributed by atoms with Crippen molar-refractivity contribution in [3.63, 3.8) is 0 Å². The third-order valence-corrected chi connectivity index (χ3v) is 4.97. The maximum absolute atomic E-state index is 11.1. The smallest absolute Gasteiger partial charge is 0.306 e. The molecule has 1 aliphatic carbocycles. The van der Waals surface area contributed by atoms with E-state index in [0.29, 0.717) is 12.1 Å². The minimum absolute atomic E-state index is 0.110. The Morgan fingerprint density at radius 3 is 2.56 bits per heavy atom. The minimum Gasteiger partial charge on any atom is -0.481 e. The van der Waals surface area contributed by atoms with Crippen molar-refractivity contribution in [3.8, 4) is 0 Å². The molecule has 104 valence electrons. The molecule has 0 aromatic rings. The highest BCUT2D eigenvalue weighted by Gasteiger charge is 2.33. The van der Waals surface area contributed by atoms with Crippen molar-refractivity contribution in [2.45, 2.75) is 70.9 Å². The van der Waals surface area contributed by atoms with Gasteiger partial charge in [-0.05, 0) is 51.5 Å².